The Morgan fingerprint density at radius 1 is 1.45 bits per heavy atom. The lowest BCUT2D eigenvalue weighted by molar-refractivity contribution is 0.0596. The van der Waals surface area contributed by atoms with Gasteiger partial charge in [-0.3, -0.25) is 0 Å². The molecule has 0 saturated carbocycles. The predicted molar refractivity (Wildman–Crippen MR) is 71.6 cm³/mol. The van der Waals surface area contributed by atoms with Crippen molar-refractivity contribution in [1.29, 1.82) is 0 Å². The van der Waals surface area contributed by atoms with Crippen LogP contribution >= 0.6 is 0 Å². The van der Waals surface area contributed by atoms with Crippen molar-refractivity contribution < 1.29 is 17.9 Å². The molecule has 8 nitrogen and oxygen atoms in total. The van der Waals surface area contributed by atoms with Crippen molar-refractivity contribution in [3.63, 3.8) is 0 Å². The van der Waals surface area contributed by atoms with Gasteiger partial charge in [0.1, 0.15) is 4.90 Å². The van der Waals surface area contributed by atoms with Gasteiger partial charge in [-0.2, -0.15) is 0 Å². The summed E-state index contributed by atoms with van der Waals surface area (Å²) in [4.78, 5) is 17.7. The van der Waals surface area contributed by atoms with E-state index in [4.69, 9.17) is 5.73 Å². The quantitative estimate of drug-likeness (QED) is 0.559. The van der Waals surface area contributed by atoms with E-state index < -0.39 is 16.0 Å². The Balaban J connectivity index is 2.50. The molecule has 0 radical (unpaired) electrons. The SMILES string of the molecule is COC(=O)c1ccc(N)cc1S(=O)(=O)Nc1ncc[nH]1. The average Bonchev–Trinajstić information content (AvgIpc) is 2.90. The minimum atomic E-state index is -4.02. The number of nitrogen functional groups attached to an aromatic ring is 1. The number of H-pyrrole nitrogens is 1. The summed E-state index contributed by atoms with van der Waals surface area (Å²) in [5, 5.41) is 0. The highest BCUT2D eigenvalue weighted by molar-refractivity contribution is 7.92. The van der Waals surface area contributed by atoms with Gasteiger partial charge in [-0.25, -0.2) is 22.9 Å². The number of benzene rings is 1. The highest BCUT2D eigenvalue weighted by Gasteiger charge is 2.24. The number of aromatic nitrogens is 2. The topological polar surface area (TPSA) is 127 Å². The van der Waals surface area contributed by atoms with Gasteiger partial charge < -0.3 is 15.5 Å². The summed E-state index contributed by atoms with van der Waals surface area (Å²) in [6, 6.07) is 3.88. The molecule has 20 heavy (non-hydrogen) atoms. The van der Waals surface area contributed by atoms with Crippen LogP contribution in [0.4, 0.5) is 11.6 Å². The van der Waals surface area contributed by atoms with Crippen molar-refractivity contribution in [1.82, 2.24) is 9.97 Å². The Morgan fingerprint density at radius 2 is 2.20 bits per heavy atom. The summed E-state index contributed by atoms with van der Waals surface area (Å²) < 4.78 is 31.3. The first-order valence-electron chi connectivity index (χ1n) is 5.44. The van der Waals surface area contributed by atoms with Crippen LogP contribution in [0.5, 0.6) is 0 Å². The van der Waals surface area contributed by atoms with E-state index in [1.54, 1.807) is 0 Å². The van der Waals surface area contributed by atoms with Crippen LogP contribution in [-0.4, -0.2) is 31.5 Å². The van der Waals surface area contributed by atoms with Gasteiger partial charge in [-0.15, -0.1) is 0 Å². The summed E-state index contributed by atoms with van der Waals surface area (Å²) in [6.07, 6.45) is 2.84. The predicted octanol–water partition coefficient (Wildman–Crippen LogP) is 0.579. The van der Waals surface area contributed by atoms with Gasteiger partial charge in [-0.05, 0) is 18.2 Å². The van der Waals surface area contributed by atoms with Crippen molar-refractivity contribution in [3.05, 3.63) is 36.2 Å². The number of nitrogens with zero attached hydrogens (tertiary/aromatic N) is 1. The lowest BCUT2D eigenvalue weighted by Gasteiger charge is -2.10. The van der Waals surface area contributed by atoms with E-state index in [0.29, 0.717) is 0 Å². The molecular weight excluding hydrogens is 284 g/mol. The van der Waals surface area contributed by atoms with Crippen LogP contribution in [0.2, 0.25) is 0 Å². The monoisotopic (exact) mass is 296 g/mol. The van der Waals surface area contributed by atoms with E-state index in [-0.39, 0.29) is 22.1 Å². The molecule has 4 N–H and O–H groups in total. The third-order valence-corrected chi connectivity index (χ3v) is 3.81. The molecule has 0 fully saturated rings. The number of hydrogen-bond acceptors (Lipinski definition) is 6. The number of esters is 1. The summed E-state index contributed by atoms with van der Waals surface area (Å²) >= 11 is 0. The minimum absolute atomic E-state index is 0.0308. The van der Waals surface area contributed by atoms with Crippen LogP contribution in [0.25, 0.3) is 0 Å². The lowest BCUT2D eigenvalue weighted by Crippen LogP contribution is -2.18. The zero-order chi connectivity index (χ0) is 14.8. The second-order valence-corrected chi connectivity index (χ2v) is 5.44. The zero-order valence-corrected chi connectivity index (χ0v) is 11.3. The normalized spacial score (nSPS) is 11.1. The van der Waals surface area contributed by atoms with Crippen LogP contribution in [0.3, 0.4) is 0 Å². The maximum atomic E-state index is 12.3. The maximum absolute atomic E-state index is 12.3. The molecule has 1 heterocycles. The average molecular weight is 296 g/mol. The molecule has 0 atom stereocenters. The van der Waals surface area contributed by atoms with Gasteiger partial charge in [-0.1, -0.05) is 0 Å². The number of anilines is 2. The molecule has 2 aromatic rings. The standard InChI is InChI=1S/C11H12N4O4S/c1-19-10(16)8-3-2-7(12)6-9(8)20(17,18)15-11-13-4-5-14-11/h2-6H,12H2,1H3,(H2,13,14,15). The van der Waals surface area contributed by atoms with Crippen LogP contribution < -0.4 is 10.5 Å². The third-order valence-electron chi connectivity index (χ3n) is 2.43. The minimum Gasteiger partial charge on any atom is -0.465 e. The molecule has 0 unspecified atom stereocenters. The van der Waals surface area contributed by atoms with Gasteiger partial charge >= 0.3 is 5.97 Å². The highest BCUT2D eigenvalue weighted by Crippen LogP contribution is 2.21. The van der Waals surface area contributed by atoms with Crippen LogP contribution in [0.1, 0.15) is 10.4 Å². The van der Waals surface area contributed by atoms with Crippen LogP contribution in [-0.2, 0) is 14.8 Å². The first kappa shape index (κ1) is 13.9. The van der Waals surface area contributed by atoms with E-state index >= 15 is 0 Å². The second kappa shape index (κ2) is 5.21. The molecule has 0 bridgehead atoms. The smallest absolute Gasteiger partial charge is 0.339 e. The molecule has 1 aromatic carbocycles. The third kappa shape index (κ3) is 2.72. The molecular formula is C11H12N4O4S. The Labute approximate surface area is 115 Å². The van der Waals surface area contributed by atoms with Crippen molar-refractivity contribution in [2.45, 2.75) is 4.90 Å². The van der Waals surface area contributed by atoms with Gasteiger partial charge in [0.25, 0.3) is 10.0 Å². The molecule has 9 heteroatoms. The number of ether oxygens (including phenoxy) is 1. The molecule has 0 amide bonds. The Morgan fingerprint density at radius 3 is 2.80 bits per heavy atom. The van der Waals surface area contributed by atoms with Gasteiger partial charge in [0.15, 0.2) is 0 Å². The van der Waals surface area contributed by atoms with Crippen molar-refractivity contribution in [2.24, 2.45) is 0 Å². The Kier molecular flexibility index (Phi) is 3.61. The van der Waals surface area contributed by atoms with E-state index in [2.05, 4.69) is 19.4 Å². The molecule has 0 aliphatic heterocycles. The molecule has 0 aliphatic carbocycles. The second-order valence-electron chi connectivity index (χ2n) is 3.79. The molecule has 2 rings (SSSR count). The number of rotatable bonds is 4. The van der Waals surface area contributed by atoms with Crippen molar-refractivity contribution >= 4 is 27.6 Å². The number of nitrogens with two attached hydrogens (primary N) is 1. The zero-order valence-electron chi connectivity index (χ0n) is 10.5. The summed E-state index contributed by atoms with van der Waals surface area (Å²) in [7, 11) is -2.85. The largest absolute Gasteiger partial charge is 0.465 e. The first-order valence-corrected chi connectivity index (χ1v) is 6.92. The van der Waals surface area contributed by atoms with E-state index in [1.807, 2.05) is 0 Å². The van der Waals surface area contributed by atoms with Crippen molar-refractivity contribution in [2.75, 3.05) is 17.6 Å². The van der Waals surface area contributed by atoms with E-state index in [0.717, 1.165) is 7.11 Å². The molecule has 0 aliphatic rings. The number of carbonyl (C=O) groups is 1. The Bertz CT molecular complexity index is 725. The van der Waals surface area contributed by atoms with Gasteiger partial charge in [0.2, 0.25) is 5.95 Å². The van der Waals surface area contributed by atoms with Gasteiger partial charge in [0.05, 0.1) is 12.7 Å². The van der Waals surface area contributed by atoms with E-state index in [1.165, 1.54) is 30.6 Å². The molecule has 106 valence electrons. The molecule has 0 spiro atoms. The molecule has 0 saturated heterocycles. The summed E-state index contributed by atoms with van der Waals surface area (Å²) in [5.74, 6) is -0.743. The van der Waals surface area contributed by atoms with Crippen molar-refractivity contribution in [3.8, 4) is 0 Å². The number of aromatic amines is 1. The maximum Gasteiger partial charge on any atom is 0.339 e. The fourth-order valence-electron chi connectivity index (χ4n) is 1.54. The summed E-state index contributed by atoms with van der Waals surface area (Å²) in [6.45, 7) is 0. The fraction of sp³-hybridized carbons (Fsp3) is 0.0909. The number of nitrogens with one attached hydrogen (secondary N) is 2. The molecule has 1 aromatic heterocycles. The summed E-state index contributed by atoms with van der Waals surface area (Å²) in [5.41, 5.74) is 5.67. The van der Waals surface area contributed by atoms with E-state index in [9.17, 15) is 13.2 Å². The fourth-order valence-corrected chi connectivity index (χ4v) is 2.75. The number of methoxy groups -OCH3 is 1. The number of hydrogen-bond donors (Lipinski definition) is 3. The number of carbonyl (C=O) groups excluding carboxylic acids is 1. The Hall–Kier alpha value is -2.55. The lowest BCUT2D eigenvalue weighted by atomic mass is 10.2. The highest BCUT2D eigenvalue weighted by atomic mass is 32.2. The van der Waals surface area contributed by atoms with Gasteiger partial charge in [0, 0.05) is 18.1 Å². The van der Waals surface area contributed by atoms with Crippen LogP contribution in [0, 0.1) is 0 Å². The first-order chi connectivity index (χ1) is 9.44. The van der Waals surface area contributed by atoms with Crippen LogP contribution in [0.15, 0.2) is 35.5 Å². The number of imidazole rings is 1. The number of sulfonamides is 1.